The van der Waals surface area contributed by atoms with Gasteiger partial charge in [0.2, 0.25) is 0 Å². The van der Waals surface area contributed by atoms with Crippen molar-refractivity contribution in [2.75, 3.05) is 19.6 Å². The zero-order valence-electron chi connectivity index (χ0n) is 7.43. The normalized spacial score (nSPS) is 9.36. The summed E-state index contributed by atoms with van der Waals surface area (Å²) in [6.07, 6.45) is 3.76. The molecule has 11 heavy (non-hydrogen) atoms. The molecule has 0 aromatic carbocycles. The number of aliphatic hydroxyl groups excluding tert-OH is 1. The van der Waals surface area contributed by atoms with Crippen molar-refractivity contribution < 1.29 is 5.11 Å². The van der Waals surface area contributed by atoms with Gasteiger partial charge in [-0.3, -0.25) is 0 Å². The van der Waals surface area contributed by atoms with Gasteiger partial charge in [-0.25, -0.2) is 0 Å². The van der Waals surface area contributed by atoms with Gasteiger partial charge in [-0.2, -0.15) is 0 Å². The van der Waals surface area contributed by atoms with Crippen LogP contribution in [0.1, 0.15) is 26.7 Å². The summed E-state index contributed by atoms with van der Waals surface area (Å²) in [6, 6.07) is 0. The van der Waals surface area contributed by atoms with E-state index in [1.54, 1.807) is 0 Å². The number of aliphatic hydroxyl groups is 1. The highest BCUT2D eigenvalue weighted by Crippen LogP contribution is 1.92. The Labute approximate surface area is 69.2 Å². The third-order valence-corrected chi connectivity index (χ3v) is 1.75. The third-order valence-electron chi connectivity index (χ3n) is 1.75. The Hall–Kier alpha value is -0.680. The lowest BCUT2D eigenvalue weighted by atomic mass is 10.3. The molecule has 1 N–H and O–H groups in total. The third kappa shape index (κ3) is 5.75. The molecular weight excluding hydrogens is 138 g/mol. The number of hydrogen-bond acceptors (Lipinski definition) is 2. The smallest absolute Gasteiger partial charge is 0.107 e. The standard InChI is InChI=1S/C9H17NO/c1-3-10(4-2)8-6-5-7-9-11/h11H,3-6,8H2,1-2H3. The van der Waals surface area contributed by atoms with Crippen LogP contribution < -0.4 is 0 Å². The first-order chi connectivity index (χ1) is 5.35. The van der Waals surface area contributed by atoms with Crippen LogP contribution in [0.25, 0.3) is 0 Å². The molecule has 0 atom stereocenters. The quantitative estimate of drug-likeness (QED) is 0.479. The predicted octanol–water partition coefficient (Wildman–Crippen LogP) is 1.44. The predicted molar refractivity (Wildman–Crippen MR) is 46.7 cm³/mol. The van der Waals surface area contributed by atoms with Crippen LogP contribution in [0.3, 0.4) is 0 Å². The molecule has 2 heteroatoms. The van der Waals surface area contributed by atoms with Crippen LogP contribution >= 0.6 is 0 Å². The monoisotopic (exact) mass is 155 g/mol. The van der Waals surface area contributed by atoms with E-state index in [0.717, 1.165) is 32.5 Å². The molecule has 0 unspecified atom stereocenters. The Balaban J connectivity index is 3.25. The van der Waals surface area contributed by atoms with Crippen molar-refractivity contribution in [3.63, 3.8) is 0 Å². The number of unbranched alkanes of at least 4 members (excludes halogenated alkanes) is 1. The van der Waals surface area contributed by atoms with Crippen LogP contribution in [0.4, 0.5) is 0 Å². The minimum absolute atomic E-state index is 0.799. The summed E-state index contributed by atoms with van der Waals surface area (Å²) in [5.74, 6) is 2.63. The lowest BCUT2D eigenvalue weighted by Gasteiger charge is -2.16. The Morgan fingerprint density at radius 2 is 1.91 bits per heavy atom. The second-order valence-electron chi connectivity index (χ2n) is 2.42. The second kappa shape index (κ2) is 7.43. The highest BCUT2D eigenvalue weighted by atomic mass is 16.2. The fourth-order valence-electron chi connectivity index (χ4n) is 0.987. The first-order valence-electron chi connectivity index (χ1n) is 4.19. The Morgan fingerprint density at radius 1 is 1.27 bits per heavy atom. The molecular formula is C9H17NO. The van der Waals surface area contributed by atoms with Crippen molar-refractivity contribution in [3.05, 3.63) is 0 Å². The van der Waals surface area contributed by atoms with Crippen molar-refractivity contribution in [2.45, 2.75) is 26.7 Å². The van der Waals surface area contributed by atoms with E-state index in [2.05, 4.69) is 24.7 Å². The largest absolute Gasteiger partial charge is 0.462 e. The van der Waals surface area contributed by atoms with Gasteiger partial charge in [0.25, 0.3) is 0 Å². The molecule has 0 heterocycles. The summed E-state index contributed by atoms with van der Waals surface area (Å²) in [6.45, 7) is 7.59. The van der Waals surface area contributed by atoms with E-state index in [4.69, 9.17) is 5.11 Å². The van der Waals surface area contributed by atoms with Crippen LogP contribution in [-0.4, -0.2) is 29.6 Å². The van der Waals surface area contributed by atoms with Gasteiger partial charge < -0.3 is 10.0 Å². The fraction of sp³-hybridized carbons (Fsp3) is 0.778. The molecule has 0 aromatic heterocycles. The molecule has 0 aliphatic heterocycles. The van der Waals surface area contributed by atoms with Crippen LogP contribution in [0.15, 0.2) is 0 Å². The Kier molecular flexibility index (Phi) is 6.97. The average Bonchev–Trinajstić information content (AvgIpc) is 2.05. The summed E-state index contributed by atoms with van der Waals surface area (Å²) in [4.78, 5) is 2.35. The number of hydrogen-bond donors (Lipinski definition) is 1. The molecule has 0 bridgehead atoms. The van der Waals surface area contributed by atoms with Crippen molar-refractivity contribution in [3.8, 4) is 12.0 Å². The summed E-state index contributed by atoms with van der Waals surface area (Å²) >= 11 is 0. The fourth-order valence-corrected chi connectivity index (χ4v) is 0.987. The van der Waals surface area contributed by atoms with Gasteiger partial charge >= 0.3 is 0 Å². The van der Waals surface area contributed by atoms with Crippen LogP contribution in [0.2, 0.25) is 0 Å². The molecule has 0 aliphatic carbocycles. The van der Waals surface area contributed by atoms with Crippen molar-refractivity contribution in [1.29, 1.82) is 0 Å². The van der Waals surface area contributed by atoms with Gasteiger partial charge in [-0.1, -0.05) is 19.8 Å². The molecule has 0 amide bonds. The number of nitrogens with zero attached hydrogens (tertiary/aromatic N) is 1. The Morgan fingerprint density at radius 3 is 2.36 bits per heavy atom. The first kappa shape index (κ1) is 10.3. The molecule has 0 spiro atoms. The van der Waals surface area contributed by atoms with E-state index < -0.39 is 0 Å². The Bertz CT molecular complexity index is 130. The van der Waals surface area contributed by atoms with E-state index in [1.165, 1.54) is 0 Å². The lowest BCUT2D eigenvalue weighted by molar-refractivity contribution is 0.301. The molecule has 64 valence electrons. The van der Waals surface area contributed by atoms with Crippen LogP contribution in [0, 0.1) is 12.0 Å². The summed E-state index contributed by atoms with van der Waals surface area (Å²) in [5.41, 5.74) is 0. The van der Waals surface area contributed by atoms with Crippen LogP contribution in [-0.2, 0) is 0 Å². The molecule has 0 saturated heterocycles. The van der Waals surface area contributed by atoms with Crippen LogP contribution in [0.5, 0.6) is 0 Å². The highest BCUT2D eigenvalue weighted by molar-refractivity contribution is 4.89. The van der Waals surface area contributed by atoms with E-state index in [0.29, 0.717) is 0 Å². The zero-order chi connectivity index (χ0) is 8.53. The average molecular weight is 155 g/mol. The molecule has 0 fully saturated rings. The van der Waals surface area contributed by atoms with Gasteiger partial charge in [-0.05, 0) is 26.1 Å². The van der Waals surface area contributed by atoms with Crippen molar-refractivity contribution in [2.24, 2.45) is 0 Å². The molecule has 0 aliphatic rings. The van der Waals surface area contributed by atoms with Crippen molar-refractivity contribution >= 4 is 0 Å². The van der Waals surface area contributed by atoms with Gasteiger partial charge in [0.05, 0.1) is 0 Å². The van der Waals surface area contributed by atoms with Gasteiger partial charge in [-0.15, -0.1) is 0 Å². The van der Waals surface area contributed by atoms with E-state index >= 15 is 0 Å². The minimum Gasteiger partial charge on any atom is -0.462 e. The van der Waals surface area contributed by atoms with Gasteiger partial charge in [0.15, 0.2) is 0 Å². The summed E-state index contributed by atoms with van der Waals surface area (Å²) in [5, 5.41) is 8.17. The van der Waals surface area contributed by atoms with Gasteiger partial charge in [0.1, 0.15) is 6.11 Å². The zero-order valence-corrected chi connectivity index (χ0v) is 7.43. The molecule has 2 nitrogen and oxygen atoms in total. The second-order valence-corrected chi connectivity index (χ2v) is 2.42. The maximum Gasteiger partial charge on any atom is 0.107 e. The lowest BCUT2D eigenvalue weighted by Crippen LogP contribution is -2.23. The van der Waals surface area contributed by atoms with Gasteiger partial charge in [0, 0.05) is 6.42 Å². The van der Waals surface area contributed by atoms with E-state index in [-0.39, 0.29) is 0 Å². The summed E-state index contributed by atoms with van der Waals surface area (Å²) in [7, 11) is 0. The SMILES string of the molecule is CCN(CC)CCCC#CO. The number of rotatable bonds is 5. The van der Waals surface area contributed by atoms with Crippen molar-refractivity contribution in [1.82, 2.24) is 4.90 Å². The maximum absolute atomic E-state index is 8.17. The minimum atomic E-state index is 0.799. The topological polar surface area (TPSA) is 23.5 Å². The van der Waals surface area contributed by atoms with E-state index in [1.807, 2.05) is 6.11 Å². The van der Waals surface area contributed by atoms with E-state index in [9.17, 15) is 0 Å². The molecule has 0 saturated carbocycles. The highest BCUT2D eigenvalue weighted by Gasteiger charge is 1.95. The molecule has 0 aromatic rings. The molecule has 0 radical (unpaired) electrons. The summed E-state index contributed by atoms with van der Waals surface area (Å²) < 4.78 is 0. The maximum atomic E-state index is 8.17. The first-order valence-corrected chi connectivity index (χ1v) is 4.19. The molecule has 0 rings (SSSR count).